The lowest BCUT2D eigenvalue weighted by Crippen LogP contribution is -2.27. The van der Waals surface area contributed by atoms with Crippen molar-refractivity contribution in [3.8, 4) is 0 Å². The van der Waals surface area contributed by atoms with Crippen LogP contribution in [0.25, 0.3) is 33.1 Å². The Morgan fingerprint density at radius 1 is 0.527 bits per heavy atom. The highest BCUT2D eigenvalue weighted by molar-refractivity contribution is 9.10. The zero-order valence-electron chi connectivity index (χ0n) is 65.5. The second kappa shape index (κ2) is 37.0. The predicted molar refractivity (Wildman–Crippen MR) is 452 cm³/mol. The van der Waals surface area contributed by atoms with Gasteiger partial charge in [-0.15, -0.1) is 30.6 Å². The Morgan fingerprint density at radius 3 is 1.46 bits per heavy atom. The van der Waals surface area contributed by atoms with Crippen LogP contribution in [0.2, 0.25) is 51.4 Å². The predicted octanol–water partition coefficient (Wildman–Crippen LogP) is 19.3. The Kier molecular flexibility index (Phi) is 27.1. The number of nitrogens with two attached hydrogens (primary N) is 1. The maximum Gasteiger partial charge on any atom is 0.435 e. The van der Waals surface area contributed by atoms with Gasteiger partial charge in [-0.1, -0.05) is 112 Å². The number of hydrogen-bond acceptors (Lipinski definition) is 30. The van der Waals surface area contributed by atoms with E-state index < -0.39 is 39.5 Å². The number of halogens is 1. The van der Waals surface area contributed by atoms with Gasteiger partial charge >= 0.3 is 12.2 Å². The fourth-order valence-electron chi connectivity index (χ4n) is 12.3. The van der Waals surface area contributed by atoms with Gasteiger partial charge in [-0.2, -0.15) is 24.7 Å². The van der Waals surface area contributed by atoms with Gasteiger partial charge in [0.25, 0.3) is 0 Å². The summed E-state index contributed by atoms with van der Waals surface area (Å²) in [5.41, 5.74) is 12.6. The Hall–Kier alpha value is -9.44. The molecule has 3 saturated carbocycles. The lowest BCUT2D eigenvalue weighted by molar-refractivity contribution is 0.0503. The number of nitrogens with one attached hydrogen (secondary N) is 4. The summed E-state index contributed by atoms with van der Waals surface area (Å²) < 4.78 is 25.8. The molecular weight excluding hydrogens is 1580 g/mol. The fraction of sp³-hybridized carbons (Fsp3) is 0.461. The summed E-state index contributed by atoms with van der Waals surface area (Å²) in [6, 6.07) is 19.8. The quantitative estimate of drug-likeness (QED) is 0.0226. The summed E-state index contributed by atoms with van der Waals surface area (Å²) in [7, 11) is -2.37. The molecule has 12 aromatic rings. The van der Waals surface area contributed by atoms with Crippen molar-refractivity contribution >= 4 is 173 Å². The highest BCUT2D eigenvalue weighted by Gasteiger charge is 2.29. The first-order valence-electron chi connectivity index (χ1n) is 37.8. The zero-order chi connectivity index (χ0) is 79.2. The highest BCUT2D eigenvalue weighted by atomic mass is 79.9. The van der Waals surface area contributed by atoms with E-state index >= 15 is 0 Å². The number of carbonyl (C=O) groups is 2. The molecule has 0 unspecified atom stereocenters. The SMILES string of the molecule is CC(C)(C)OC(=O)n1cc(N)cn1.CC(C)(C)OC(=O)n1cc(Nc2cnc3ccc(N(COCC[Si](C)(C)C)c4nnc(C5CCCC5)s4)nc3c2)cn1.C[Si](C)(C)CCOCN(c1ccc2ncc(Br)cc2n1)c1nnc(C2CCCC2)s1.c1n[nH]cc1Nc1cnc2ccc(Nc3nnc(C4CCCC4)s3)nc2c1. The van der Waals surface area contributed by atoms with E-state index in [0.29, 0.717) is 60.4 Å². The first-order chi connectivity index (χ1) is 53.5. The molecule has 112 heavy (non-hydrogen) atoms. The zero-order valence-corrected chi connectivity index (χ0v) is 71.5. The number of hydrogen-bond donors (Lipinski definition) is 5. The molecule has 592 valence electrons. The molecule has 12 aromatic heterocycles. The second-order valence-electron chi connectivity index (χ2n) is 32.3. The lowest BCUT2D eigenvalue weighted by atomic mass is 10.1. The smallest absolute Gasteiger partial charge is 0.435 e. The second-order valence-corrected chi connectivity index (χ2v) is 47.4. The molecule has 0 aliphatic heterocycles. The third-order valence-corrected chi connectivity index (χ3v) is 25.1. The van der Waals surface area contributed by atoms with Crippen molar-refractivity contribution in [2.45, 2.75) is 199 Å². The minimum atomic E-state index is -1.22. The van der Waals surface area contributed by atoms with Crippen LogP contribution in [0.5, 0.6) is 0 Å². The van der Waals surface area contributed by atoms with E-state index in [2.05, 4.69) is 142 Å². The van der Waals surface area contributed by atoms with Gasteiger partial charge in [0.2, 0.25) is 15.4 Å². The number of nitrogens with zero attached hydrogens (tertiary/aromatic N) is 19. The number of aromatic nitrogens is 18. The maximum atomic E-state index is 12.3. The molecule has 15 rings (SSSR count). The molecule has 0 bridgehead atoms. The Balaban J connectivity index is 0.000000147. The van der Waals surface area contributed by atoms with E-state index in [-0.39, 0.29) is 0 Å². The average molecular weight is 1680 g/mol. The number of anilines is 11. The van der Waals surface area contributed by atoms with Gasteiger partial charge in [-0.3, -0.25) is 29.9 Å². The standard InChI is InChI=1S/C29H40N8O3SSi.C21H28BrN5OSSi.C18H18N8S.C8H13N3O2/c1-29(2,3)40-28(38)37-18-22(17-31-37)32-21-15-24-23(30-16-21)11-12-25(33-24)36(19-39-13-14-42(4,5)6)27-35-34-26(41-27)20-9-7-8-10-20;1-30(2,3)11-10-28-14-27(21-26-25-20(29-21)15-6-4-5-7-15)19-9-8-17-18(24-19)12-16(22)13-23-17;1-2-4-11(3-1)17-25-26-18(27-17)24-16-6-5-14-15(23-16)7-12(8-19-14)22-13-9-20-21-10-13;1-8(2,3)13-7(12)11-5-6(9)4-10-11/h11-12,15-18,20,32H,7-10,13-14,19H2,1-6H3;8-9,12-13,15H,4-7,10-11,14H2,1-3H3;5-11,22H,1-4H2,(H,20,21)(H,23,24,26);4-5H,9H2,1-3H3. The summed E-state index contributed by atoms with van der Waals surface area (Å²) in [6.07, 6.45) is 28.6. The molecule has 0 radical (unpaired) electrons. The van der Waals surface area contributed by atoms with Crippen molar-refractivity contribution < 1.29 is 28.5 Å². The van der Waals surface area contributed by atoms with E-state index in [4.69, 9.17) is 34.6 Å². The molecule has 12 heterocycles. The minimum Gasteiger partial charge on any atom is -0.442 e. The van der Waals surface area contributed by atoms with Gasteiger partial charge in [0, 0.05) is 64.0 Å². The number of ether oxygens (including phenoxy) is 4. The van der Waals surface area contributed by atoms with Gasteiger partial charge in [0.1, 0.15) is 57.1 Å². The van der Waals surface area contributed by atoms with Crippen molar-refractivity contribution in [3.05, 3.63) is 130 Å². The van der Waals surface area contributed by atoms with Gasteiger partial charge in [-0.05, 0) is 163 Å². The number of H-pyrrole nitrogens is 1. The first kappa shape index (κ1) is 82.0. The number of nitrogen functional groups attached to an aromatic ring is 1. The molecule has 36 heteroatoms. The van der Waals surface area contributed by atoms with Crippen LogP contribution in [-0.4, -0.2) is 156 Å². The molecule has 3 fully saturated rings. The number of fused-ring (bicyclic) bond motifs is 3. The topological polar surface area (TPSA) is 359 Å². The minimum absolute atomic E-state index is 0.345. The molecular formula is C76H99BrN24O6S3Si2. The third kappa shape index (κ3) is 24.1. The van der Waals surface area contributed by atoms with Crippen LogP contribution in [0.4, 0.5) is 70.9 Å². The molecule has 6 N–H and O–H groups in total. The number of rotatable bonds is 23. The molecule has 3 aliphatic rings. The maximum absolute atomic E-state index is 12.3. The van der Waals surface area contributed by atoms with E-state index in [1.807, 2.05) is 85.2 Å². The van der Waals surface area contributed by atoms with Crippen LogP contribution in [0, 0.1) is 0 Å². The normalized spacial score (nSPS) is 14.3. The van der Waals surface area contributed by atoms with E-state index in [1.165, 1.54) is 94.1 Å². The summed E-state index contributed by atoms with van der Waals surface area (Å²) in [4.78, 5) is 55.6. The summed E-state index contributed by atoms with van der Waals surface area (Å²) in [6.45, 7) is 27.2. The van der Waals surface area contributed by atoms with Crippen LogP contribution >= 0.6 is 49.9 Å². The van der Waals surface area contributed by atoms with Crippen LogP contribution in [0.3, 0.4) is 0 Å². The van der Waals surface area contributed by atoms with Gasteiger partial charge in [-0.25, -0.2) is 24.5 Å². The summed E-state index contributed by atoms with van der Waals surface area (Å²) in [5, 5.41) is 56.9. The van der Waals surface area contributed by atoms with E-state index in [9.17, 15) is 9.59 Å². The fourth-order valence-corrected chi connectivity index (χ4v) is 17.0. The molecule has 0 atom stereocenters. The van der Waals surface area contributed by atoms with Crippen LogP contribution < -0.4 is 31.5 Å². The average Bonchev–Trinajstić information content (AvgIpc) is 1.16. The Bertz CT molecular complexity index is 5070. The first-order valence-corrected chi connectivity index (χ1v) is 48.5. The third-order valence-electron chi connectivity index (χ3n) is 18.1. The van der Waals surface area contributed by atoms with Gasteiger partial charge in [0.05, 0.1) is 105 Å². The Morgan fingerprint density at radius 2 is 0.982 bits per heavy atom. The highest BCUT2D eigenvalue weighted by Crippen LogP contribution is 2.42. The van der Waals surface area contributed by atoms with Crippen LogP contribution in [0.15, 0.2) is 115 Å². The summed E-state index contributed by atoms with van der Waals surface area (Å²) in [5.74, 6) is 3.89. The van der Waals surface area contributed by atoms with Crippen LogP contribution in [0.1, 0.15) is 151 Å². The van der Waals surface area contributed by atoms with Crippen molar-refractivity contribution in [2.75, 3.05) is 58.2 Å². The van der Waals surface area contributed by atoms with Crippen molar-refractivity contribution in [2.24, 2.45) is 0 Å². The number of carbonyl (C=O) groups excluding carboxylic acids is 2. The molecule has 0 amide bonds. The monoisotopic (exact) mass is 1670 g/mol. The van der Waals surface area contributed by atoms with Crippen molar-refractivity contribution in [1.82, 2.24) is 90.3 Å². The molecule has 3 aliphatic carbocycles. The summed E-state index contributed by atoms with van der Waals surface area (Å²) >= 11 is 8.42. The molecule has 0 saturated heterocycles. The van der Waals surface area contributed by atoms with Crippen LogP contribution in [-0.2, 0) is 18.9 Å². The molecule has 30 nitrogen and oxygen atoms in total. The van der Waals surface area contributed by atoms with E-state index in [0.717, 1.165) is 115 Å². The lowest BCUT2D eigenvalue weighted by Gasteiger charge is -2.22. The Labute approximate surface area is 673 Å². The van der Waals surface area contributed by atoms with Gasteiger partial charge in [0.15, 0.2) is 0 Å². The molecule has 0 aromatic carbocycles. The van der Waals surface area contributed by atoms with Crippen molar-refractivity contribution in [1.29, 1.82) is 0 Å². The van der Waals surface area contributed by atoms with Crippen molar-refractivity contribution in [3.63, 3.8) is 0 Å². The van der Waals surface area contributed by atoms with Gasteiger partial charge < -0.3 is 40.6 Å². The van der Waals surface area contributed by atoms with E-state index in [1.54, 1.807) is 98.2 Å². The molecule has 0 spiro atoms. The number of aromatic amines is 1. The number of pyridine rings is 6. The largest absolute Gasteiger partial charge is 0.442 e.